The lowest BCUT2D eigenvalue weighted by Crippen LogP contribution is -2.63. The van der Waals surface area contributed by atoms with Crippen LogP contribution in [-0.2, 0) is 14.4 Å². The number of β-lactam (4-membered cyclic amide) rings is 1. The maximum absolute atomic E-state index is 12.4. The van der Waals surface area contributed by atoms with E-state index in [1.807, 2.05) is 6.92 Å². The first kappa shape index (κ1) is 21.6. The van der Waals surface area contributed by atoms with Crippen molar-refractivity contribution in [3.05, 3.63) is 10.6 Å². The van der Waals surface area contributed by atoms with Crippen molar-refractivity contribution in [2.45, 2.75) is 57.1 Å². The number of aliphatic carboxylic acids is 1. The number of carbonyl (C=O) groups excluding carboxylic acids is 2. The van der Waals surface area contributed by atoms with Crippen LogP contribution in [0.4, 0.5) is 0 Å². The zero-order chi connectivity index (χ0) is 21.5. The van der Waals surface area contributed by atoms with Crippen molar-refractivity contribution in [3.63, 3.8) is 0 Å². The van der Waals surface area contributed by atoms with Gasteiger partial charge in [-0.1, -0.05) is 12.1 Å². The Bertz CT molecular complexity index is 782. The number of aliphatic hydroxyl groups excluding tert-OH is 1. The molecule has 0 aromatic heterocycles. The number of carbonyl (C=O) groups is 3. The summed E-state index contributed by atoms with van der Waals surface area (Å²) >= 11 is 1.45. The molecule has 0 aromatic carbocycles. The summed E-state index contributed by atoms with van der Waals surface area (Å²) in [6.07, 6.45) is 0.198. The molecular weight excluding hydrogens is 400 g/mol. The Hall–Kier alpha value is -2.11. The first-order valence-electron chi connectivity index (χ1n) is 9.52. The highest BCUT2D eigenvalue weighted by molar-refractivity contribution is 8.03. The van der Waals surface area contributed by atoms with Crippen LogP contribution in [0, 0.1) is 11.8 Å². The van der Waals surface area contributed by atoms with Crippen molar-refractivity contribution in [3.8, 4) is 0 Å². The molecule has 10 nitrogen and oxygen atoms in total. The average molecular weight is 426 g/mol. The summed E-state index contributed by atoms with van der Waals surface area (Å²) in [5.74, 6) is -2.37. The number of carboxylic acids is 1. The molecule has 11 heteroatoms. The lowest BCUT2D eigenvalue weighted by Gasteiger charge is -2.46. The summed E-state index contributed by atoms with van der Waals surface area (Å²) in [6.45, 7) is 5.40. The highest BCUT2D eigenvalue weighted by atomic mass is 32.2. The first-order chi connectivity index (χ1) is 13.6. The van der Waals surface area contributed by atoms with E-state index in [0.29, 0.717) is 24.3 Å². The van der Waals surface area contributed by atoms with Crippen LogP contribution < -0.4 is 10.6 Å². The Labute approximate surface area is 172 Å². The summed E-state index contributed by atoms with van der Waals surface area (Å²) in [6, 6.07) is -0.353. The minimum atomic E-state index is -1.14. The van der Waals surface area contributed by atoms with E-state index in [2.05, 4.69) is 15.8 Å². The molecule has 0 aliphatic carbocycles. The number of thioether (sulfide) groups is 1. The minimum absolute atomic E-state index is 0.0220. The standard InChI is InChI=1S/C18H26N4O6S/c1-7-14-13(8(2)23)17(25)22(14)15(18(26)27)16(7)29-11-4-10(19-6-11)5-12(21-28)20-9(3)24/h7-8,10-11,13-14,19,23,28H,4-6H2,1-3H3,(H,26,27)(H,20,21,24)/t7-,8-,10+,11+,13+,14-/m1/s1. The van der Waals surface area contributed by atoms with Gasteiger partial charge in [-0.05, 0) is 13.3 Å². The van der Waals surface area contributed by atoms with Crippen molar-refractivity contribution < 1.29 is 29.8 Å². The molecule has 3 rings (SSSR count). The Balaban J connectivity index is 1.69. The van der Waals surface area contributed by atoms with Gasteiger partial charge in [-0.15, -0.1) is 11.8 Å². The van der Waals surface area contributed by atoms with Crippen LogP contribution in [0.3, 0.4) is 0 Å². The van der Waals surface area contributed by atoms with Crippen molar-refractivity contribution in [2.24, 2.45) is 17.0 Å². The lowest BCUT2D eigenvalue weighted by molar-refractivity contribution is -0.163. The number of carboxylic acid groups (broad SMARTS) is 1. The molecule has 29 heavy (non-hydrogen) atoms. The lowest BCUT2D eigenvalue weighted by atomic mass is 9.79. The van der Waals surface area contributed by atoms with Crippen LogP contribution in [0.5, 0.6) is 0 Å². The van der Waals surface area contributed by atoms with Crippen LogP contribution in [0.1, 0.15) is 33.6 Å². The van der Waals surface area contributed by atoms with Crippen LogP contribution in [0.15, 0.2) is 15.8 Å². The number of amidine groups is 1. The number of hydrogen-bond donors (Lipinski definition) is 5. The van der Waals surface area contributed by atoms with E-state index in [1.54, 1.807) is 6.92 Å². The molecule has 0 bridgehead atoms. The van der Waals surface area contributed by atoms with Crippen molar-refractivity contribution in [1.82, 2.24) is 15.5 Å². The van der Waals surface area contributed by atoms with E-state index in [1.165, 1.54) is 23.6 Å². The Morgan fingerprint density at radius 3 is 2.69 bits per heavy atom. The number of fused-ring (bicyclic) bond motifs is 1. The third-order valence-electron chi connectivity index (χ3n) is 5.67. The summed E-state index contributed by atoms with van der Waals surface area (Å²) in [4.78, 5) is 37.4. The van der Waals surface area contributed by atoms with Gasteiger partial charge in [0.2, 0.25) is 11.8 Å². The minimum Gasteiger partial charge on any atom is -0.477 e. The van der Waals surface area contributed by atoms with E-state index < -0.39 is 18.0 Å². The molecule has 0 aromatic rings. The maximum atomic E-state index is 12.4. The number of hydrogen-bond acceptors (Lipinski definition) is 8. The summed E-state index contributed by atoms with van der Waals surface area (Å²) in [5, 5.41) is 37.6. The number of oxime groups is 1. The highest BCUT2D eigenvalue weighted by Crippen LogP contribution is 2.51. The van der Waals surface area contributed by atoms with E-state index in [9.17, 15) is 24.6 Å². The molecule has 2 fully saturated rings. The quantitative estimate of drug-likeness (QED) is 0.130. The second-order valence-corrected chi connectivity index (χ2v) is 9.13. The predicted molar refractivity (Wildman–Crippen MR) is 105 cm³/mol. The largest absolute Gasteiger partial charge is 0.477 e. The van der Waals surface area contributed by atoms with Gasteiger partial charge in [-0.2, -0.15) is 0 Å². The fourth-order valence-corrected chi connectivity index (χ4v) is 5.96. The molecule has 3 aliphatic heterocycles. The van der Waals surface area contributed by atoms with Gasteiger partial charge in [0.1, 0.15) is 11.5 Å². The Kier molecular flexibility index (Phi) is 6.20. The normalized spacial score (nSPS) is 32.8. The molecule has 0 saturated carbocycles. The van der Waals surface area contributed by atoms with Crippen molar-refractivity contribution in [1.29, 1.82) is 0 Å². The molecule has 160 valence electrons. The second kappa shape index (κ2) is 8.33. The number of aliphatic hydroxyl groups is 1. The predicted octanol–water partition coefficient (Wildman–Crippen LogP) is -0.0823. The molecule has 0 spiro atoms. The fraction of sp³-hybridized carbons (Fsp3) is 0.667. The van der Waals surface area contributed by atoms with E-state index in [0.717, 1.165) is 0 Å². The first-order valence-corrected chi connectivity index (χ1v) is 10.4. The van der Waals surface area contributed by atoms with Gasteiger partial charge >= 0.3 is 5.97 Å². The van der Waals surface area contributed by atoms with Gasteiger partial charge in [0.15, 0.2) is 0 Å². The second-order valence-electron chi connectivity index (χ2n) is 7.78. The number of amides is 2. The number of nitrogens with zero attached hydrogens (tertiary/aromatic N) is 2. The van der Waals surface area contributed by atoms with Crippen molar-refractivity contribution in [2.75, 3.05) is 6.54 Å². The average Bonchev–Trinajstić information content (AvgIpc) is 3.15. The fourth-order valence-electron chi connectivity index (χ4n) is 4.44. The van der Waals surface area contributed by atoms with Crippen LogP contribution >= 0.6 is 11.8 Å². The maximum Gasteiger partial charge on any atom is 0.353 e. The van der Waals surface area contributed by atoms with Crippen LogP contribution in [0.2, 0.25) is 0 Å². The molecule has 3 aliphatic rings. The molecule has 0 radical (unpaired) electrons. The monoisotopic (exact) mass is 426 g/mol. The SMILES string of the molecule is CC(=O)N/C(C[C@@H]1C[C@H](SC2=C(C(=O)O)N3C(=O)[C@@H]([C@@H](C)O)[C@H]3[C@H]2C)CN1)=N\O. The molecular formula is C18H26N4O6S. The van der Waals surface area contributed by atoms with Gasteiger partial charge in [0, 0.05) is 42.0 Å². The van der Waals surface area contributed by atoms with Crippen LogP contribution in [-0.4, -0.2) is 73.9 Å². The third kappa shape index (κ3) is 3.99. The number of nitrogens with one attached hydrogen (secondary N) is 2. The Morgan fingerprint density at radius 1 is 1.45 bits per heavy atom. The number of rotatable bonds is 6. The van der Waals surface area contributed by atoms with Gasteiger partial charge < -0.3 is 31.0 Å². The zero-order valence-corrected chi connectivity index (χ0v) is 17.3. The van der Waals surface area contributed by atoms with E-state index in [4.69, 9.17) is 5.21 Å². The van der Waals surface area contributed by atoms with Crippen molar-refractivity contribution >= 4 is 35.4 Å². The smallest absolute Gasteiger partial charge is 0.353 e. The summed E-state index contributed by atoms with van der Waals surface area (Å²) in [5.41, 5.74) is 0.0220. The van der Waals surface area contributed by atoms with E-state index >= 15 is 0 Å². The molecule has 5 N–H and O–H groups in total. The van der Waals surface area contributed by atoms with Gasteiger partial charge in [-0.25, -0.2) is 4.79 Å². The Morgan fingerprint density at radius 2 is 2.14 bits per heavy atom. The third-order valence-corrected chi connectivity index (χ3v) is 7.18. The van der Waals surface area contributed by atoms with Gasteiger partial charge in [-0.3, -0.25) is 9.59 Å². The molecule has 2 saturated heterocycles. The highest BCUT2D eigenvalue weighted by Gasteiger charge is 2.60. The summed E-state index contributed by atoms with van der Waals surface area (Å²) in [7, 11) is 0. The molecule has 6 atom stereocenters. The summed E-state index contributed by atoms with van der Waals surface area (Å²) < 4.78 is 0. The zero-order valence-electron chi connectivity index (χ0n) is 16.5. The molecule has 2 amide bonds. The topological polar surface area (TPSA) is 152 Å². The van der Waals surface area contributed by atoms with Crippen LogP contribution in [0.25, 0.3) is 0 Å². The molecule has 3 heterocycles. The van der Waals surface area contributed by atoms with Gasteiger partial charge in [0.25, 0.3) is 0 Å². The van der Waals surface area contributed by atoms with E-state index in [-0.39, 0.29) is 46.6 Å². The van der Waals surface area contributed by atoms with Gasteiger partial charge in [0.05, 0.1) is 18.1 Å². The molecule has 0 unspecified atom stereocenters.